The number of alkyl halides is 3. The summed E-state index contributed by atoms with van der Waals surface area (Å²) in [5, 5.41) is 2.83. The lowest BCUT2D eigenvalue weighted by Crippen LogP contribution is -2.05. The van der Waals surface area contributed by atoms with Crippen molar-refractivity contribution in [2.24, 2.45) is 0 Å². The molecule has 0 spiro atoms. The predicted molar refractivity (Wildman–Crippen MR) is 64.4 cm³/mol. The molecular weight excluding hydrogens is 274 g/mol. The molecule has 1 aromatic carbocycles. The van der Waals surface area contributed by atoms with E-state index in [1.165, 1.54) is 0 Å². The van der Waals surface area contributed by atoms with Crippen LogP contribution in [0.15, 0.2) is 18.2 Å². The number of halogens is 5. The van der Waals surface area contributed by atoms with Crippen LogP contribution in [0, 0.1) is 0 Å². The Morgan fingerprint density at radius 1 is 1.24 bits per heavy atom. The molecule has 0 aliphatic rings. The maximum atomic E-state index is 12.4. The van der Waals surface area contributed by atoms with Crippen LogP contribution < -0.4 is 5.32 Å². The van der Waals surface area contributed by atoms with Crippen molar-refractivity contribution in [3.63, 3.8) is 0 Å². The third-order valence-corrected chi connectivity index (χ3v) is 2.64. The van der Waals surface area contributed by atoms with E-state index in [9.17, 15) is 13.2 Å². The van der Waals surface area contributed by atoms with Gasteiger partial charge in [-0.3, -0.25) is 0 Å². The molecule has 0 amide bonds. The lowest BCUT2D eigenvalue weighted by Gasteiger charge is -2.10. The summed E-state index contributed by atoms with van der Waals surface area (Å²) in [7, 11) is 1.75. The van der Waals surface area contributed by atoms with E-state index in [2.05, 4.69) is 5.32 Å². The summed E-state index contributed by atoms with van der Waals surface area (Å²) in [5.74, 6) is 0. The number of hydrogen-bond acceptors (Lipinski definition) is 1. The zero-order valence-electron chi connectivity index (χ0n) is 8.91. The van der Waals surface area contributed by atoms with Crippen LogP contribution >= 0.6 is 23.2 Å². The van der Waals surface area contributed by atoms with E-state index in [4.69, 9.17) is 23.2 Å². The molecule has 6 heteroatoms. The van der Waals surface area contributed by atoms with Crippen LogP contribution in [0.25, 0.3) is 6.08 Å². The summed E-state index contributed by atoms with van der Waals surface area (Å²) in [5.41, 5.74) is -0.463. The van der Waals surface area contributed by atoms with Gasteiger partial charge in [0.25, 0.3) is 0 Å². The van der Waals surface area contributed by atoms with Crippen LogP contribution in [0.4, 0.5) is 13.2 Å². The lowest BCUT2D eigenvalue weighted by molar-refractivity contribution is -0.137. The Morgan fingerprint density at radius 2 is 1.76 bits per heavy atom. The molecule has 0 radical (unpaired) electrons. The molecule has 0 heterocycles. The molecule has 0 saturated carbocycles. The fourth-order valence-electron chi connectivity index (χ4n) is 1.20. The number of rotatable bonds is 3. The zero-order valence-corrected chi connectivity index (χ0v) is 10.4. The molecule has 1 aromatic rings. The fourth-order valence-corrected chi connectivity index (χ4v) is 1.81. The minimum Gasteiger partial charge on any atom is -0.316 e. The summed E-state index contributed by atoms with van der Waals surface area (Å²) in [4.78, 5) is 0. The van der Waals surface area contributed by atoms with Crippen LogP contribution in [-0.2, 0) is 6.18 Å². The average Bonchev–Trinajstić information content (AvgIpc) is 2.20. The van der Waals surface area contributed by atoms with E-state index in [-0.39, 0.29) is 10.0 Å². The number of hydrogen-bond donors (Lipinski definition) is 1. The van der Waals surface area contributed by atoms with Crippen LogP contribution in [0.5, 0.6) is 0 Å². The Labute approximate surface area is 107 Å². The molecule has 1 N–H and O–H groups in total. The standard InChI is InChI=1S/C11H10Cl2F3N/c1-17-4-2-3-8-9(12)5-7(6-10(8)13)11(14,15)16/h2-3,5-6,17H,4H2,1H3. The fraction of sp³-hybridized carbons (Fsp3) is 0.273. The molecule has 0 fully saturated rings. The summed E-state index contributed by atoms with van der Waals surface area (Å²) in [6, 6.07) is 1.74. The van der Waals surface area contributed by atoms with Gasteiger partial charge >= 0.3 is 6.18 Å². The van der Waals surface area contributed by atoms with Crippen LogP contribution in [0.2, 0.25) is 10.0 Å². The average molecular weight is 284 g/mol. The van der Waals surface area contributed by atoms with Gasteiger partial charge in [0.05, 0.1) is 5.56 Å². The van der Waals surface area contributed by atoms with E-state index in [1.54, 1.807) is 19.2 Å². The van der Waals surface area contributed by atoms with Gasteiger partial charge < -0.3 is 5.32 Å². The minimum absolute atomic E-state index is 0.0165. The maximum absolute atomic E-state index is 12.4. The van der Waals surface area contributed by atoms with Crippen molar-refractivity contribution in [1.29, 1.82) is 0 Å². The molecule has 0 aliphatic carbocycles. The van der Waals surface area contributed by atoms with Crippen molar-refractivity contribution in [2.45, 2.75) is 6.18 Å². The minimum atomic E-state index is -4.44. The molecule has 0 aromatic heterocycles. The van der Waals surface area contributed by atoms with Gasteiger partial charge in [-0.1, -0.05) is 35.4 Å². The quantitative estimate of drug-likeness (QED) is 0.875. The van der Waals surface area contributed by atoms with Crippen molar-refractivity contribution in [3.8, 4) is 0 Å². The van der Waals surface area contributed by atoms with Crippen molar-refractivity contribution < 1.29 is 13.2 Å². The van der Waals surface area contributed by atoms with Crippen molar-refractivity contribution >= 4 is 29.3 Å². The maximum Gasteiger partial charge on any atom is 0.416 e. The number of benzene rings is 1. The highest BCUT2D eigenvalue weighted by Gasteiger charge is 2.31. The van der Waals surface area contributed by atoms with E-state index >= 15 is 0 Å². The second-order valence-electron chi connectivity index (χ2n) is 3.31. The van der Waals surface area contributed by atoms with Gasteiger partial charge in [0, 0.05) is 22.2 Å². The highest BCUT2D eigenvalue weighted by atomic mass is 35.5. The summed E-state index contributed by atoms with van der Waals surface area (Å²) >= 11 is 11.5. The van der Waals surface area contributed by atoms with Gasteiger partial charge in [-0.2, -0.15) is 13.2 Å². The van der Waals surface area contributed by atoms with E-state index < -0.39 is 11.7 Å². The van der Waals surface area contributed by atoms with E-state index in [1.807, 2.05) is 0 Å². The van der Waals surface area contributed by atoms with E-state index in [0.29, 0.717) is 12.1 Å². The Bertz CT molecular complexity index is 404. The lowest BCUT2D eigenvalue weighted by atomic mass is 10.1. The largest absolute Gasteiger partial charge is 0.416 e. The third kappa shape index (κ3) is 3.91. The van der Waals surface area contributed by atoms with Gasteiger partial charge in [0.15, 0.2) is 0 Å². The van der Waals surface area contributed by atoms with Crippen molar-refractivity contribution in [3.05, 3.63) is 39.4 Å². The summed E-state index contributed by atoms with van der Waals surface area (Å²) < 4.78 is 37.3. The Kier molecular flexibility index (Phi) is 4.86. The van der Waals surface area contributed by atoms with Crippen molar-refractivity contribution in [1.82, 2.24) is 5.32 Å². The SMILES string of the molecule is CNCC=Cc1c(Cl)cc(C(F)(F)F)cc1Cl. The molecule has 1 rings (SSSR count). The first-order chi connectivity index (χ1) is 7.86. The monoisotopic (exact) mass is 283 g/mol. The first kappa shape index (κ1) is 14.4. The molecule has 0 bridgehead atoms. The van der Waals surface area contributed by atoms with Gasteiger partial charge in [-0.15, -0.1) is 0 Å². The van der Waals surface area contributed by atoms with Crippen LogP contribution in [0.1, 0.15) is 11.1 Å². The molecule has 17 heavy (non-hydrogen) atoms. The zero-order chi connectivity index (χ0) is 13.1. The van der Waals surface area contributed by atoms with Gasteiger partial charge in [-0.05, 0) is 19.2 Å². The Hall–Kier alpha value is -0.710. The highest BCUT2D eigenvalue weighted by molar-refractivity contribution is 6.37. The van der Waals surface area contributed by atoms with Gasteiger partial charge in [0.1, 0.15) is 0 Å². The van der Waals surface area contributed by atoms with E-state index in [0.717, 1.165) is 12.1 Å². The smallest absolute Gasteiger partial charge is 0.316 e. The molecule has 0 atom stereocenters. The van der Waals surface area contributed by atoms with Crippen molar-refractivity contribution in [2.75, 3.05) is 13.6 Å². The normalized spacial score (nSPS) is 12.4. The highest BCUT2D eigenvalue weighted by Crippen LogP contribution is 2.36. The summed E-state index contributed by atoms with van der Waals surface area (Å²) in [6.07, 6.45) is -1.14. The molecule has 1 nitrogen and oxygen atoms in total. The number of nitrogens with one attached hydrogen (secondary N) is 1. The molecule has 94 valence electrons. The Balaban J connectivity index is 3.11. The van der Waals surface area contributed by atoms with Crippen LogP contribution in [0.3, 0.4) is 0 Å². The second kappa shape index (κ2) is 5.76. The predicted octanol–water partition coefficient (Wildman–Crippen LogP) is 4.24. The first-order valence-corrected chi connectivity index (χ1v) is 5.49. The summed E-state index contributed by atoms with van der Waals surface area (Å²) in [6.45, 7) is 0.577. The second-order valence-corrected chi connectivity index (χ2v) is 4.13. The third-order valence-electron chi connectivity index (χ3n) is 2.01. The van der Waals surface area contributed by atoms with Gasteiger partial charge in [0.2, 0.25) is 0 Å². The molecular formula is C11H10Cl2F3N. The number of likely N-dealkylation sites (N-methyl/N-ethyl adjacent to an activating group) is 1. The van der Waals surface area contributed by atoms with Gasteiger partial charge in [-0.25, -0.2) is 0 Å². The first-order valence-electron chi connectivity index (χ1n) is 4.73. The molecule has 0 unspecified atom stereocenters. The topological polar surface area (TPSA) is 12.0 Å². The molecule has 0 aliphatic heterocycles. The Morgan fingerprint density at radius 3 is 2.18 bits per heavy atom. The molecule has 0 saturated heterocycles. The van der Waals surface area contributed by atoms with Crippen LogP contribution in [-0.4, -0.2) is 13.6 Å².